The zero-order valence-corrected chi connectivity index (χ0v) is 13.4. The van der Waals surface area contributed by atoms with E-state index in [0.29, 0.717) is 5.16 Å². The van der Waals surface area contributed by atoms with Gasteiger partial charge in [0, 0.05) is 12.5 Å². The second-order valence-electron chi connectivity index (χ2n) is 5.21. The van der Waals surface area contributed by atoms with Crippen molar-refractivity contribution in [2.75, 3.05) is 5.75 Å². The molecule has 0 saturated heterocycles. The van der Waals surface area contributed by atoms with Gasteiger partial charge in [0.05, 0.1) is 5.75 Å². The standard InChI is InChI=1S/C14H25N3O2S/c1-4-5-6-7-8-9-12-15-16-14(17(12)11(2)3)20-10-13(18)19/h11H,4-10H2,1-3H3,(H,18,19). The molecule has 0 bridgehead atoms. The van der Waals surface area contributed by atoms with Crippen LogP contribution in [0.2, 0.25) is 0 Å². The topological polar surface area (TPSA) is 68.0 Å². The van der Waals surface area contributed by atoms with Gasteiger partial charge in [-0.3, -0.25) is 4.79 Å². The largest absolute Gasteiger partial charge is 0.481 e. The molecular weight excluding hydrogens is 274 g/mol. The molecule has 0 aliphatic carbocycles. The van der Waals surface area contributed by atoms with E-state index in [9.17, 15) is 4.79 Å². The summed E-state index contributed by atoms with van der Waals surface area (Å²) >= 11 is 1.24. The molecule has 0 amide bonds. The molecule has 0 spiro atoms. The predicted molar refractivity (Wildman–Crippen MR) is 81.2 cm³/mol. The van der Waals surface area contributed by atoms with Gasteiger partial charge in [0.2, 0.25) is 0 Å². The predicted octanol–water partition coefficient (Wildman–Crippen LogP) is 3.55. The first-order chi connectivity index (χ1) is 9.56. The van der Waals surface area contributed by atoms with Gasteiger partial charge in [0.1, 0.15) is 5.82 Å². The van der Waals surface area contributed by atoms with Gasteiger partial charge < -0.3 is 9.67 Å². The Morgan fingerprint density at radius 2 is 1.95 bits per heavy atom. The van der Waals surface area contributed by atoms with E-state index in [2.05, 4.69) is 35.5 Å². The number of nitrogens with zero attached hydrogens (tertiary/aromatic N) is 3. The molecule has 1 aromatic heterocycles. The smallest absolute Gasteiger partial charge is 0.313 e. The molecular formula is C14H25N3O2S. The molecule has 0 aliphatic heterocycles. The van der Waals surface area contributed by atoms with Crippen molar-refractivity contribution < 1.29 is 9.90 Å². The van der Waals surface area contributed by atoms with Crippen LogP contribution < -0.4 is 0 Å². The highest BCUT2D eigenvalue weighted by atomic mass is 32.2. The average Bonchev–Trinajstić information content (AvgIpc) is 2.79. The summed E-state index contributed by atoms with van der Waals surface area (Å²) in [6, 6.07) is 0.256. The van der Waals surface area contributed by atoms with Crippen LogP contribution in [0.3, 0.4) is 0 Å². The zero-order chi connectivity index (χ0) is 15.0. The Hall–Kier alpha value is -1.04. The van der Waals surface area contributed by atoms with E-state index >= 15 is 0 Å². The lowest BCUT2D eigenvalue weighted by Gasteiger charge is -2.13. The van der Waals surface area contributed by atoms with Gasteiger partial charge in [-0.2, -0.15) is 0 Å². The minimum atomic E-state index is -0.825. The zero-order valence-electron chi connectivity index (χ0n) is 12.6. The normalized spacial score (nSPS) is 11.2. The van der Waals surface area contributed by atoms with Crippen LogP contribution in [-0.2, 0) is 11.2 Å². The Morgan fingerprint density at radius 1 is 1.25 bits per heavy atom. The van der Waals surface area contributed by atoms with Crippen LogP contribution in [-0.4, -0.2) is 31.6 Å². The first-order valence-electron chi connectivity index (χ1n) is 7.34. The van der Waals surface area contributed by atoms with Crippen LogP contribution >= 0.6 is 11.8 Å². The maximum Gasteiger partial charge on any atom is 0.313 e. The molecule has 1 heterocycles. The molecule has 1 rings (SSSR count). The Balaban J connectivity index is 2.59. The summed E-state index contributed by atoms with van der Waals surface area (Å²) in [5.74, 6) is 0.181. The summed E-state index contributed by atoms with van der Waals surface area (Å²) in [4.78, 5) is 10.7. The van der Waals surface area contributed by atoms with Crippen molar-refractivity contribution in [2.24, 2.45) is 0 Å². The van der Waals surface area contributed by atoms with Crippen molar-refractivity contribution in [3.8, 4) is 0 Å². The van der Waals surface area contributed by atoms with E-state index < -0.39 is 5.97 Å². The van der Waals surface area contributed by atoms with E-state index in [1.807, 2.05) is 0 Å². The van der Waals surface area contributed by atoms with Crippen molar-refractivity contribution >= 4 is 17.7 Å². The number of aliphatic carboxylic acids is 1. The summed E-state index contributed by atoms with van der Waals surface area (Å²) < 4.78 is 2.06. The second kappa shape index (κ2) is 9.00. The Morgan fingerprint density at radius 3 is 2.55 bits per heavy atom. The Kier molecular flexibility index (Phi) is 7.65. The van der Waals surface area contributed by atoms with Crippen LogP contribution in [0.5, 0.6) is 0 Å². The summed E-state index contributed by atoms with van der Waals surface area (Å²) in [6.07, 6.45) is 7.06. The molecule has 114 valence electrons. The number of thioether (sulfide) groups is 1. The first-order valence-corrected chi connectivity index (χ1v) is 8.33. The number of carboxylic acids is 1. The van der Waals surface area contributed by atoms with Gasteiger partial charge in [-0.15, -0.1) is 10.2 Å². The lowest BCUT2D eigenvalue weighted by Crippen LogP contribution is -2.09. The molecule has 20 heavy (non-hydrogen) atoms. The van der Waals surface area contributed by atoms with Crippen LogP contribution in [0, 0.1) is 0 Å². The van der Waals surface area contributed by atoms with Crippen molar-refractivity contribution in [3.05, 3.63) is 5.82 Å². The van der Waals surface area contributed by atoms with Gasteiger partial charge in [-0.1, -0.05) is 44.4 Å². The summed E-state index contributed by atoms with van der Waals surface area (Å²) in [5.41, 5.74) is 0. The maximum absolute atomic E-state index is 10.7. The van der Waals surface area contributed by atoms with Crippen LogP contribution in [0.15, 0.2) is 5.16 Å². The molecule has 0 saturated carbocycles. The molecule has 0 aromatic carbocycles. The lowest BCUT2D eigenvalue weighted by atomic mass is 10.1. The second-order valence-corrected chi connectivity index (χ2v) is 6.15. The van der Waals surface area contributed by atoms with Gasteiger partial charge >= 0.3 is 5.97 Å². The van der Waals surface area contributed by atoms with E-state index in [0.717, 1.165) is 18.7 Å². The monoisotopic (exact) mass is 299 g/mol. The molecule has 0 aliphatic rings. The van der Waals surface area contributed by atoms with Crippen LogP contribution in [0.1, 0.15) is 64.7 Å². The SMILES string of the molecule is CCCCCCCc1nnc(SCC(=O)O)n1C(C)C. The summed E-state index contributed by atoms with van der Waals surface area (Å²) in [6.45, 7) is 6.37. The van der Waals surface area contributed by atoms with E-state index in [1.54, 1.807) is 0 Å². The molecule has 0 atom stereocenters. The number of carboxylic acid groups (broad SMARTS) is 1. The lowest BCUT2D eigenvalue weighted by molar-refractivity contribution is -0.133. The van der Waals surface area contributed by atoms with E-state index in [-0.39, 0.29) is 11.8 Å². The number of hydrogen-bond donors (Lipinski definition) is 1. The van der Waals surface area contributed by atoms with Crippen molar-refractivity contribution in [2.45, 2.75) is 70.5 Å². The molecule has 5 nitrogen and oxygen atoms in total. The number of hydrogen-bond acceptors (Lipinski definition) is 4. The minimum Gasteiger partial charge on any atom is -0.481 e. The van der Waals surface area contributed by atoms with Gasteiger partial charge in [-0.25, -0.2) is 0 Å². The highest BCUT2D eigenvalue weighted by molar-refractivity contribution is 7.99. The molecule has 1 aromatic rings. The van der Waals surface area contributed by atoms with E-state index in [1.165, 1.54) is 37.4 Å². The molecule has 1 N–H and O–H groups in total. The third-order valence-electron chi connectivity index (χ3n) is 3.08. The quantitative estimate of drug-likeness (QED) is 0.528. The maximum atomic E-state index is 10.7. The Labute approximate surface area is 125 Å². The van der Waals surface area contributed by atoms with Crippen molar-refractivity contribution in [3.63, 3.8) is 0 Å². The minimum absolute atomic E-state index is 0.0291. The fraction of sp³-hybridized carbons (Fsp3) is 0.786. The summed E-state index contributed by atoms with van der Waals surface area (Å²) in [5, 5.41) is 17.8. The average molecular weight is 299 g/mol. The van der Waals surface area contributed by atoms with Gasteiger partial charge in [-0.05, 0) is 20.3 Å². The van der Waals surface area contributed by atoms with Crippen molar-refractivity contribution in [1.82, 2.24) is 14.8 Å². The fourth-order valence-corrected chi connectivity index (χ4v) is 2.91. The van der Waals surface area contributed by atoms with Gasteiger partial charge in [0.15, 0.2) is 5.16 Å². The van der Waals surface area contributed by atoms with Crippen molar-refractivity contribution in [1.29, 1.82) is 0 Å². The molecule has 6 heteroatoms. The highest BCUT2D eigenvalue weighted by Gasteiger charge is 2.15. The third kappa shape index (κ3) is 5.53. The van der Waals surface area contributed by atoms with Gasteiger partial charge in [0.25, 0.3) is 0 Å². The number of aromatic nitrogens is 3. The molecule has 0 unspecified atom stereocenters. The Bertz CT molecular complexity index is 419. The highest BCUT2D eigenvalue weighted by Crippen LogP contribution is 2.22. The molecule has 0 radical (unpaired) electrons. The molecule has 0 fully saturated rings. The summed E-state index contributed by atoms with van der Waals surface area (Å²) in [7, 11) is 0. The van der Waals surface area contributed by atoms with Crippen LogP contribution in [0.25, 0.3) is 0 Å². The number of aryl methyl sites for hydroxylation is 1. The van der Waals surface area contributed by atoms with E-state index in [4.69, 9.17) is 5.11 Å². The number of unbranched alkanes of at least 4 members (excludes halogenated alkanes) is 4. The van der Waals surface area contributed by atoms with Crippen LogP contribution in [0.4, 0.5) is 0 Å². The number of rotatable bonds is 10. The fourth-order valence-electron chi connectivity index (χ4n) is 2.11. The third-order valence-corrected chi connectivity index (χ3v) is 4.01. The first kappa shape index (κ1) is 17.0. The number of carbonyl (C=O) groups is 1.